The molecular weight excluding hydrogens is 348 g/mol. The minimum atomic E-state index is 0.0926. The van der Waals surface area contributed by atoms with Crippen molar-refractivity contribution >= 4 is 11.6 Å². The molecule has 0 saturated heterocycles. The lowest BCUT2D eigenvalue weighted by Gasteiger charge is -2.07. The summed E-state index contributed by atoms with van der Waals surface area (Å²) in [6.07, 6.45) is 0.580. The summed E-state index contributed by atoms with van der Waals surface area (Å²) >= 11 is 0. The summed E-state index contributed by atoms with van der Waals surface area (Å²) in [5, 5.41) is 5.95. The highest BCUT2D eigenvalue weighted by Gasteiger charge is 2.22. The summed E-state index contributed by atoms with van der Waals surface area (Å²) < 4.78 is 5.80. The van der Waals surface area contributed by atoms with E-state index in [2.05, 4.69) is 53.1 Å². The van der Waals surface area contributed by atoms with Crippen molar-refractivity contribution in [1.82, 2.24) is 5.32 Å². The number of carbonyl (C=O) groups excluding carboxylic acids is 1. The summed E-state index contributed by atoms with van der Waals surface area (Å²) in [6.45, 7) is 3.27. The highest BCUT2D eigenvalue weighted by molar-refractivity contribution is 6.04. The molecule has 2 aliphatic rings. The van der Waals surface area contributed by atoms with Crippen LogP contribution in [0.5, 0.6) is 5.75 Å². The molecule has 2 N–H and O–H groups in total. The Morgan fingerprint density at radius 2 is 1.54 bits per heavy atom. The van der Waals surface area contributed by atoms with Crippen LogP contribution in [-0.2, 0) is 17.9 Å². The molecule has 4 nitrogen and oxygen atoms in total. The number of hydrogen-bond acceptors (Lipinski definition) is 3. The van der Waals surface area contributed by atoms with Gasteiger partial charge in [0, 0.05) is 31.1 Å². The van der Waals surface area contributed by atoms with Crippen LogP contribution >= 0.6 is 0 Å². The summed E-state index contributed by atoms with van der Waals surface area (Å²) in [5.41, 5.74) is 6.47. The predicted octanol–water partition coefficient (Wildman–Crippen LogP) is 5.00. The van der Waals surface area contributed by atoms with Crippen LogP contribution in [-0.4, -0.2) is 13.0 Å². The topological polar surface area (TPSA) is 50.4 Å². The van der Waals surface area contributed by atoms with Crippen molar-refractivity contribution in [3.05, 3.63) is 83.9 Å². The van der Waals surface area contributed by atoms with E-state index in [1.807, 2.05) is 37.3 Å². The molecule has 4 rings (SSSR count). The Hall–Kier alpha value is -3.27. The van der Waals surface area contributed by atoms with Gasteiger partial charge in [0.25, 0.3) is 0 Å². The summed E-state index contributed by atoms with van der Waals surface area (Å²) in [7, 11) is 1.63. The zero-order chi connectivity index (χ0) is 19.8. The van der Waals surface area contributed by atoms with Gasteiger partial charge >= 0.3 is 0 Å². The van der Waals surface area contributed by atoms with Gasteiger partial charge in [-0.1, -0.05) is 67.6 Å². The minimum absolute atomic E-state index is 0.0926. The van der Waals surface area contributed by atoms with E-state index in [0.29, 0.717) is 13.0 Å². The van der Waals surface area contributed by atoms with Gasteiger partial charge in [-0.05, 0) is 23.3 Å². The fraction of sp³-hybridized carbons (Fsp3) is 0.208. The van der Waals surface area contributed by atoms with Crippen molar-refractivity contribution in [1.29, 1.82) is 0 Å². The van der Waals surface area contributed by atoms with Gasteiger partial charge in [-0.25, -0.2) is 0 Å². The fourth-order valence-electron chi connectivity index (χ4n) is 2.81. The summed E-state index contributed by atoms with van der Waals surface area (Å²) in [4.78, 5) is 10.1. The lowest BCUT2D eigenvalue weighted by Crippen LogP contribution is -2.15. The number of amides is 1. The largest absolute Gasteiger partial charge is 0.489 e. The molecule has 2 aliphatic carbocycles. The molecule has 0 radical (unpaired) electrons. The number of hydrogen-bond donors (Lipinski definition) is 2. The average molecular weight is 374 g/mol. The monoisotopic (exact) mass is 374 g/mol. The Bertz CT molecular complexity index is 854. The first kappa shape index (κ1) is 19.5. The molecule has 0 heterocycles. The molecule has 28 heavy (non-hydrogen) atoms. The maximum Gasteiger partial charge on any atom is 0.219 e. The van der Waals surface area contributed by atoms with Crippen LogP contribution in [0, 0.1) is 0 Å². The third kappa shape index (κ3) is 5.36. The smallest absolute Gasteiger partial charge is 0.219 e. The zero-order valence-corrected chi connectivity index (χ0v) is 16.4. The summed E-state index contributed by atoms with van der Waals surface area (Å²) in [5.74, 6) is 0.999. The summed E-state index contributed by atoms with van der Waals surface area (Å²) in [6, 6.07) is 24.9. The molecule has 0 saturated carbocycles. The number of ether oxygens (including phenoxy) is 1. The van der Waals surface area contributed by atoms with Gasteiger partial charge < -0.3 is 15.4 Å². The molecule has 0 spiro atoms. The van der Waals surface area contributed by atoms with Crippen molar-refractivity contribution in [3.8, 4) is 16.9 Å². The van der Waals surface area contributed by atoms with Gasteiger partial charge in [-0.2, -0.15) is 0 Å². The van der Waals surface area contributed by atoms with Crippen molar-refractivity contribution in [3.63, 3.8) is 0 Å². The third-order valence-corrected chi connectivity index (χ3v) is 4.53. The van der Waals surface area contributed by atoms with Gasteiger partial charge in [0.2, 0.25) is 5.91 Å². The van der Waals surface area contributed by atoms with Crippen molar-refractivity contribution in [2.45, 2.75) is 26.5 Å². The number of anilines is 1. The van der Waals surface area contributed by atoms with Crippen molar-refractivity contribution in [2.24, 2.45) is 0 Å². The van der Waals surface area contributed by atoms with Gasteiger partial charge in [0.1, 0.15) is 12.4 Å². The molecule has 0 fully saturated rings. The standard InChI is InChI=1S/C20H17NO.C4H9NO/c1-2-5-16(6-3-1)14-22-17-11-9-15(10-12-17)13-21-20-18-7-4-8-19(18)20;1-3-4(6)5-2/h1-12,21H,13-14H2;3H2,1-2H3,(H,5,6). The molecular formula is C24H26N2O2. The molecule has 0 bridgehead atoms. The van der Waals surface area contributed by atoms with Gasteiger partial charge in [0.15, 0.2) is 0 Å². The molecule has 4 heteroatoms. The van der Waals surface area contributed by atoms with Crippen LogP contribution in [0.4, 0.5) is 5.69 Å². The lowest BCUT2D eigenvalue weighted by molar-refractivity contribution is -0.120. The second-order valence-electron chi connectivity index (χ2n) is 6.53. The molecule has 1 amide bonds. The molecule has 2 aromatic carbocycles. The van der Waals surface area contributed by atoms with E-state index in [0.717, 1.165) is 12.3 Å². The Kier molecular flexibility index (Phi) is 6.68. The fourth-order valence-corrected chi connectivity index (χ4v) is 2.81. The average Bonchev–Trinajstić information content (AvgIpc) is 3.18. The highest BCUT2D eigenvalue weighted by Crippen LogP contribution is 2.48. The van der Waals surface area contributed by atoms with Crippen molar-refractivity contribution < 1.29 is 9.53 Å². The number of benzene rings is 3. The number of carbonyl (C=O) groups is 1. The van der Waals surface area contributed by atoms with E-state index in [9.17, 15) is 4.79 Å². The van der Waals surface area contributed by atoms with Crippen LogP contribution in [0.25, 0.3) is 11.1 Å². The first-order chi connectivity index (χ1) is 13.7. The van der Waals surface area contributed by atoms with E-state index in [1.54, 1.807) is 7.05 Å². The highest BCUT2D eigenvalue weighted by atomic mass is 16.5. The maximum absolute atomic E-state index is 10.1. The Balaban J connectivity index is 0.000000330. The van der Waals surface area contributed by atoms with E-state index in [-0.39, 0.29) is 5.91 Å². The van der Waals surface area contributed by atoms with Gasteiger partial charge in [0.05, 0.1) is 5.69 Å². The van der Waals surface area contributed by atoms with Crippen LogP contribution in [0.3, 0.4) is 0 Å². The maximum atomic E-state index is 10.1. The first-order valence-corrected chi connectivity index (χ1v) is 9.54. The molecule has 144 valence electrons. The number of rotatable bonds is 7. The van der Waals surface area contributed by atoms with E-state index in [1.165, 1.54) is 27.9 Å². The molecule has 2 aromatic rings. The minimum Gasteiger partial charge on any atom is -0.489 e. The molecule has 0 aromatic heterocycles. The Labute approximate surface area is 166 Å². The lowest BCUT2D eigenvalue weighted by atomic mass is 10.2. The third-order valence-electron chi connectivity index (χ3n) is 4.53. The van der Waals surface area contributed by atoms with Gasteiger partial charge in [-0.15, -0.1) is 0 Å². The second kappa shape index (κ2) is 9.60. The number of fused-ring (bicyclic) bond motifs is 1. The van der Waals surface area contributed by atoms with Crippen LogP contribution in [0.2, 0.25) is 0 Å². The van der Waals surface area contributed by atoms with Crippen molar-refractivity contribution in [2.75, 3.05) is 12.4 Å². The predicted molar refractivity (Wildman–Crippen MR) is 114 cm³/mol. The van der Waals surface area contributed by atoms with Crippen LogP contribution < -0.4 is 15.4 Å². The number of para-hydroxylation sites is 1. The normalized spacial score (nSPS) is 10.4. The van der Waals surface area contributed by atoms with E-state index < -0.39 is 0 Å². The van der Waals surface area contributed by atoms with E-state index >= 15 is 0 Å². The van der Waals surface area contributed by atoms with Crippen LogP contribution in [0.15, 0.2) is 72.8 Å². The zero-order valence-electron chi connectivity index (χ0n) is 16.4. The first-order valence-electron chi connectivity index (χ1n) is 9.54. The molecule has 0 aliphatic heterocycles. The quantitative estimate of drug-likeness (QED) is 0.479. The Morgan fingerprint density at radius 3 is 2.11 bits per heavy atom. The molecule has 0 unspecified atom stereocenters. The number of nitrogens with one attached hydrogen (secondary N) is 2. The van der Waals surface area contributed by atoms with E-state index in [4.69, 9.17) is 4.74 Å². The second-order valence-corrected chi connectivity index (χ2v) is 6.53. The Morgan fingerprint density at radius 1 is 0.857 bits per heavy atom. The SMILES string of the molecule is CCC(=O)NC.c1ccc(COc2ccc(CNc3c4cccc3-4)cc2)cc1. The van der Waals surface area contributed by atoms with Crippen LogP contribution in [0.1, 0.15) is 24.5 Å². The molecule has 0 atom stereocenters. The van der Waals surface area contributed by atoms with Gasteiger partial charge in [-0.3, -0.25) is 4.79 Å².